The van der Waals surface area contributed by atoms with Crippen LogP contribution in [-0.4, -0.2) is 28.0 Å². The largest absolute Gasteiger partial charge is 0.348 e. The zero-order chi connectivity index (χ0) is 14.8. The van der Waals surface area contributed by atoms with Crippen molar-refractivity contribution in [2.24, 2.45) is 0 Å². The second-order valence-electron chi connectivity index (χ2n) is 5.64. The van der Waals surface area contributed by atoms with Gasteiger partial charge in [-0.3, -0.25) is 0 Å². The molecule has 1 aromatic carbocycles. The number of aromatic amines is 1. The molecule has 0 saturated carbocycles. The zero-order valence-corrected chi connectivity index (χ0v) is 13.1. The van der Waals surface area contributed by atoms with Crippen molar-refractivity contribution in [1.82, 2.24) is 15.0 Å². The maximum absolute atomic E-state index is 4.83. The molecular formula is C17H18N4S. The molecule has 22 heavy (non-hydrogen) atoms. The number of nitrogens with one attached hydrogen (secondary N) is 1. The molecule has 3 heterocycles. The van der Waals surface area contributed by atoms with Gasteiger partial charge in [0.05, 0.1) is 5.69 Å². The van der Waals surface area contributed by atoms with Crippen molar-refractivity contribution in [1.29, 1.82) is 0 Å². The Morgan fingerprint density at radius 3 is 2.95 bits per heavy atom. The first-order chi connectivity index (χ1) is 10.9. The van der Waals surface area contributed by atoms with Crippen LogP contribution < -0.4 is 4.90 Å². The van der Waals surface area contributed by atoms with E-state index in [1.165, 1.54) is 18.4 Å². The fraction of sp³-hybridized carbons (Fsp3) is 0.294. The average Bonchev–Trinajstić information content (AvgIpc) is 3.28. The summed E-state index contributed by atoms with van der Waals surface area (Å²) in [5.41, 5.74) is 2.25. The van der Waals surface area contributed by atoms with Crippen LogP contribution in [0.25, 0.3) is 11.3 Å². The molecule has 0 spiro atoms. The number of aromatic nitrogens is 3. The van der Waals surface area contributed by atoms with Crippen molar-refractivity contribution < 1.29 is 0 Å². The van der Waals surface area contributed by atoms with Crippen LogP contribution in [-0.2, 0) is 0 Å². The normalized spacial score (nSPS) is 18.5. The van der Waals surface area contributed by atoms with Crippen molar-refractivity contribution in [3.8, 4) is 11.3 Å². The summed E-state index contributed by atoms with van der Waals surface area (Å²) in [7, 11) is 0. The van der Waals surface area contributed by atoms with Crippen LogP contribution in [0.1, 0.15) is 24.6 Å². The van der Waals surface area contributed by atoms with E-state index in [1.54, 1.807) is 11.3 Å². The summed E-state index contributed by atoms with van der Waals surface area (Å²) in [5, 5.41) is 3.27. The molecule has 0 bridgehead atoms. The second-order valence-corrected chi connectivity index (χ2v) is 6.48. The van der Waals surface area contributed by atoms with Crippen LogP contribution in [0.15, 0.2) is 48.1 Å². The monoisotopic (exact) mass is 310 g/mol. The van der Waals surface area contributed by atoms with Gasteiger partial charge in [0.25, 0.3) is 0 Å². The van der Waals surface area contributed by atoms with E-state index in [1.807, 2.05) is 18.5 Å². The SMILES string of the molecule is c1ccc(-c2csc(N3CCCC(c4ncc[nH]4)C3)n2)cc1. The lowest BCUT2D eigenvalue weighted by Crippen LogP contribution is -2.34. The lowest BCUT2D eigenvalue weighted by molar-refractivity contribution is 0.494. The molecule has 1 fully saturated rings. The molecule has 4 nitrogen and oxygen atoms in total. The molecule has 0 aliphatic carbocycles. The molecule has 1 atom stereocenters. The van der Waals surface area contributed by atoms with Gasteiger partial charge in [-0.05, 0) is 12.8 Å². The summed E-state index contributed by atoms with van der Waals surface area (Å²) >= 11 is 1.73. The van der Waals surface area contributed by atoms with E-state index >= 15 is 0 Å². The van der Waals surface area contributed by atoms with Crippen molar-refractivity contribution in [2.45, 2.75) is 18.8 Å². The van der Waals surface area contributed by atoms with Crippen molar-refractivity contribution in [3.05, 3.63) is 53.9 Å². The number of H-pyrrole nitrogens is 1. The van der Waals surface area contributed by atoms with E-state index in [0.29, 0.717) is 5.92 Å². The Morgan fingerprint density at radius 1 is 1.23 bits per heavy atom. The van der Waals surface area contributed by atoms with Crippen molar-refractivity contribution in [2.75, 3.05) is 18.0 Å². The lowest BCUT2D eigenvalue weighted by Gasteiger charge is -2.31. The Kier molecular flexibility index (Phi) is 3.64. The zero-order valence-electron chi connectivity index (χ0n) is 12.3. The van der Waals surface area contributed by atoms with Gasteiger partial charge >= 0.3 is 0 Å². The lowest BCUT2D eigenvalue weighted by atomic mass is 9.98. The van der Waals surface area contributed by atoms with Crippen LogP contribution in [0.5, 0.6) is 0 Å². The van der Waals surface area contributed by atoms with Gasteiger partial charge in [0.15, 0.2) is 5.13 Å². The number of nitrogens with zero attached hydrogens (tertiary/aromatic N) is 3. The van der Waals surface area contributed by atoms with Gasteiger partial charge < -0.3 is 9.88 Å². The Morgan fingerprint density at radius 2 is 2.14 bits per heavy atom. The van der Waals surface area contributed by atoms with Gasteiger partial charge in [-0.15, -0.1) is 11.3 Å². The van der Waals surface area contributed by atoms with E-state index in [4.69, 9.17) is 4.98 Å². The van der Waals surface area contributed by atoms with E-state index < -0.39 is 0 Å². The molecule has 1 N–H and O–H groups in total. The van der Waals surface area contributed by atoms with Crippen LogP contribution >= 0.6 is 11.3 Å². The van der Waals surface area contributed by atoms with Gasteiger partial charge in [0, 0.05) is 42.3 Å². The molecule has 112 valence electrons. The van der Waals surface area contributed by atoms with Gasteiger partial charge in [-0.25, -0.2) is 9.97 Å². The minimum absolute atomic E-state index is 0.479. The van der Waals surface area contributed by atoms with Crippen molar-refractivity contribution >= 4 is 16.5 Å². The van der Waals surface area contributed by atoms with Crippen molar-refractivity contribution in [3.63, 3.8) is 0 Å². The predicted octanol–water partition coefficient (Wildman–Crippen LogP) is 3.92. The van der Waals surface area contributed by atoms with E-state index in [9.17, 15) is 0 Å². The number of imidazole rings is 1. The quantitative estimate of drug-likeness (QED) is 0.797. The highest BCUT2D eigenvalue weighted by Gasteiger charge is 2.24. The van der Waals surface area contributed by atoms with Crippen LogP contribution in [0.3, 0.4) is 0 Å². The molecule has 1 aliphatic rings. The standard InChI is InChI=1S/C17H18N4S/c1-2-5-13(6-3-1)15-12-22-17(20-15)21-10-4-7-14(11-21)16-18-8-9-19-16/h1-3,5-6,8-9,12,14H,4,7,10-11H2,(H,18,19). The van der Waals surface area contributed by atoms with E-state index in [2.05, 4.69) is 44.5 Å². The van der Waals surface area contributed by atoms with Crippen LogP contribution in [0.2, 0.25) is 0 Å². The fourth-order valence-corrected chi connectivity index (χ4v) is 3.90. The first kappa shape index (κ1) is 13.5. The van der Waals surface area contributed by atoms with E-state index in [-0.39, 0.29) is 0 Å². The first-order valence-electron chi connectivity index (χ1n) is 7.65. The summed E-state index contributed by atoms with van der Waals surface area (Å²) in [4.78, 5) is 14.9. The highest BCUT2D eigenvalue weighted by Crippen LogP contribution is 2.32. The number of hydrogen-bond donors (Lipinski definition) is 1. The maximum Gasteiger partial charge on any atom is 0.185 e. The summed E-state index contributed by atoms with van der Waals surface area (Å²) in [6.45, 7) is 2.08. The Hall–Kier alpha value is -2.14. The molecule has 1 unspecified atom stereocenters. The third-order valence-corrected chi connectivity index (χ3v) is 5.06. The Balaban J connectivity index is 1.53. The molecule has 2 aromatic heterocycles. The highest BCUT2D eigenvalue weighted by molar-refractivity contribution is 7.14. The molecular weight excluding hydrogens is 292 g/mol. The number of hydrogen-bond acceptors (Lipinski definition) is 4. The minimum atomic E-state index is 0.479. The number of anilines is 1. The number of benzene rings is 1. The molecule has 5 heteroatoms. The van der Waals surface area contributed by atoms with Gasteiger partial charge in [0.1, 0.15) is 5.82 Å². The van der Waals surface area contributed by atoms with Gasteiger partial charge in [0.2, 0.25) is 0 Å². The maximum atomic E-state index is 4.83. The molecule has 3 aromatic rings. The van der Waals surface area contributed by atoms with Gasteiger partial charge in [-0.1, -0.05) is 30.3 Å². The van der Waals surface area contributed by atoms with E-state index in [0.717, 1.165) is 29.7 Å². The van der Waals surface area contributed by atoms with Crippen LogP contribution in [0, 0.1) is 0 Å². The number of piperidine rings is 1. The smallest absolute Gasteiger partial charge is 0.185 e. The molecule has 0 radical (unpaired) electrons. The minimum Gasteiger partial charge on any atom is -0.348 e. The first-order valence-corrected chi connectivity index (χ1v) is 8.53. The topological polar surface area (TPSA) is 44.8 Å². The highest BCUT2D eigenvalue weighted by atomic mass is 32.1. The molecule has 4 rings (SSSR count). The second kappa shape index (κ2) is 5.93. The summed E-state index contributed by atoms with van der Waals surface area (Å²) < 4.78 is 0. The third-order valence-electron chi connectivity index (χ3n) is 4.16. The number of thiazole rings is 1. The Labute approximate surface area is 133 Å². The summed E-state index contributed by atoms with van der Waals surface area (Å²) in [5.74, 6) is 1.58. The Bertz CT molecular complexity index is 720. The number of rotatable bonds is 3. The molecule has 1 aliphatic heterocycles. The molecule has 1 saturated heterocycles. The average molecular weight is 310 g/mol. The summed E-state index contributed by atoms with van der Waals surface area (Å²) in [6, 6.07) is 10.4. The molecule has 0 amide bonds. The fourth-order valence-electron chi connectivity index (χ4n) is 3.03. The van der Waals surface area contributed by atoms with Gasteiger partial charge in [-0.2, -0.15) is 0 Å². The summed E-state index contributed by atoms with van der Waals surface area (Å²) in [6.07, 6.45) is 6.13. The predicted molar refractivity (Wildman–Crippen MR) is 90.3 cm³/mol. The third kappa shape index (κ3) is 2.64. The van der Waals surface area contributed by atoms with Crippen LogP contribution in [0.4, 0.5) is 5.13 Å².